The maximum absolute atomic E-state index is 10.7. The van der Waals surface area contributed by atoms with Crippen LogP contribution in [0.3, 0.4) is 0 Å². The SMILES string of the molecule is CCN(CC)[n+]1cc(NC(C)=O)on1. The number of hydrogen-bond acceptors (Lipinski definition) is 4. The summed E-state index contributed by atoms with van der Waals surface area (Å²) in [6.07, 6.45) is 1.63. The van der Waals surface area contributed by atoms with Crippen LogP contribution in [0.2, 0.25) is 0 Å². The second-order valence-electron chi connectivity index (χ2n) is 2.81. The summed E-state index contributed by atoms with van der Waals surface area (Å²) in [5.74, 6) is 0.178. The van der Waals surface area contributed by atoms with Gasteiger partial charge in [-0.25, -0.2) is 0 Å². The van der Waals surface area contributed by atoms with Crippen LogP contribution in [-0.2, 0) is 4.79 Å². The average molecular weight is 199 g/mol. The topological polar surface area (TPSA) is 62.2 Å². The van der Waals surface area contributed by atoms with Gasteiger partial charge in [-0.05, 0) is 13.8 Å². The Morgan fingerprint density at radius 3 is 2.79 bits per heavy atom. The highest BCUT2D eigenvalue weighted by Crippen LogP contribution is 1.99. The van der Waals surface area contributed by atoms with Crippen LogP contribution in [-0.4, -0.2) is 24.3 Å². The lowest BCUT2D eigenvalue weighted by Crippen LogP contribution is -2.58. The van der Waals surface area contributed by atoms with E-state index in [1.807, 2.05) is 18.9 Å². The molecule has 0 aliphatic heterocycles. The van der Waals surface area contributed by atoms with Crippen LogP contribution in [0.25, 0.3) is 0 Å². The summed E-state index contributed by atoms with van der Waals surface area (Å²) in [4.78, 5) is 12.3. The third kappa shape index (κ3) is 2.45. The van der Waals surface area contributed by atoms with Gasteiger partial charge in [0.25, 0.3) is 6.20 Å². The second-order valence-corrected chi connectivity index (χ2v) is 2.81. The minimum atomic E-state index is -0.173. The first kappa shape index (κ1) is 10.5. The van der Waals surface area contributed by atoms with E-state index in [2.05, 4.69) is 10.6 Å². The van der Waals surface area contributed by atoms with Gasteiger partial charge >= 0.3 is 5.88 Å². The molecule has 6 heteroatoms. The monoisotopic (exact) mass is 199 g/mol. The van der Waals surface area contributed by atoms with Crippen molar-refractivity contribution < 1.29 is 14.1 Å². The van der Waals surface area contributed by atoms with Gasteiger partial charge in [-0.2, -0.15) is 5.01 Å². The van der Waals surface area contributed by atoms with Crippen LogP contribution in [0.15, 0.2) is 10.7 Å². The fraction of sp³-hybridized carbons (Fsp3) is 0.625. The molecule has 0 atom stereocenters. The Balaban J connectivity index is 2.71. The summed E-state index contributed by atoms with van der Waals surface area (Å²) in [6, 6.07) is 0. The van der Waals surface area contributed by atoms with Crippen LogP contribution in [0, 0.1) is 0 Å². The van der Waals surface area contributed by atoms with Crippen LogP contribution >= 0.6 is 0 Å². The molecule has 6 nitrogen and oxygen atoms in total. The minimum Gasteiger partial charge on any atom is -0.289 e. The van der Waals surface area contributed by atoms with Gasteiger partial charge in [-0.1, -0.05) is 0 Å². The maximum Gasteiger partial charge on any atom is 0.305 e. The molecule has 0 fully saturated rings. The predicted molar refractivity (Wildman–Crippen MR) is 50.3 cm³/mol. The molecule has 1 aromatic heterocycles. The third-order valence-corrected chi connectivity index (χ3v) is 1.77. The summed E-state index contributed by atoms with van der Waals surface area (Å²) >= 11 is 0. The fourth-order valence-electron chi connectivity index (χ4n) is 1.11. The number of amides is 1. The molecule has 14 heavy (non-hydrogen) atoms. The Hall–Kier alpha value is -1.59. The van der Waals surface area contributed by atoms with Crippen molar-refractivity contribution in [3.05, 3.63) is 6.20 Å². The zero-order chi connectivity index (χ0) is 10.6. The molecular weight excluding hydrogens is 184 g/mol. The number of nitrogens with zero attached hydrogens (tertiary/aromatic N) is 3. The molecule has 1 amide bonds. The van der Waals surface area contributed by atoms with Gasteiger partial charge in [0, 0.05) is 6.92 Å². The zero-order valence-electron chi connectivity index (χ0n) is 8.65. The molecule has 1 rings (SSSR count). The molecule has 0 saturated heterocycles. The number of nitrogens with one attached hydrogen (secondary N) is 1. The lowest BCUT2D eigenvalue weighted by atomic mass is 10.6. The summed E-state index contributed by atoms with van der Waals surface area (Å²) in [5.41, 5.74) is 0. The summed E-state index contributed by atoms with van der Waals surface area (Å²) in [7, 11) is 0. The Kier molecular flexibility index (Phi) is 3.44. The molecule has 78 valence electrons. The second kappa shape index (κ2) is 4.59. The van der Waals surface area contributed by atoms with Crippen LogP contribution in [0.1, 0.15) is 20.8 Å². The highest BCUT2D eigenvalue weighted by atomic mass is 16.5. The van der Waals surface area contributed by atoms with Gasteiger partial charge in [-0.15, -0.1) is 0 Å². The van der Waals surface area contributed by atoms with Crippen molar-refractivity contribution in [3.8, 4) is 0 Å². The van der Waals surface area contributed by atoms with Gasteiger partial charge in [0.15, 0.2) is 0 Å². The third-order valence-electron chi connectivity index (χ3n) is 1.77. The number of rotatable bonds is 4. The van der Waals surface area contributed by atoms with Crippen molar-refractivity contribution in [1.29, 1.82) is 0 Å². The van der Waals surface area contributed by atoms with E-state index in [-0.39, 0.29) is 5.91 Å². The Morgan fingerprint density at radius 1 is 1.64 bits per heavy atom. The zero-order valence-corrected chi connectivity index (χ0v) is 8.65. The van der Waals surface area contributed by atoms with Crippen LogP contribution < -0.4 is 15.1 Å². The van der Waals surface area contributed by atoms with Crippen LogP contribution in [0.5, 0.6) is 0 Å². The summed E-state index contributed by atoms with van der Waals surface area (Å²) < 4.78 is 4.90. The van der Waals surface area contributed by atoms with E-state index in [0.29, 0.717) is 5.88 Å². The number of carbonyl (C=O) groups is 1. The number of aromatic nitrogens is 2. The van der Waals surface area contributed by atoms with Crippen molar-refractivity contribution in [2.75, 3.05) is 23.4 Å². The van der Waals surface area contributed by atoms with Crippen molar-refractivity contribution in [1.82, 2.24) is 5.27 Å². The Bertz CT molecular complexity index is 306. The van der Waals surface area contributed by atoms with Gasteiger partial charge in [0.2, 0.25) is 11.2 Å². The molecule has 0 radical (unpaired) electrons. The van der Waals surface area contributed by atoms with E-state index in [1.54, 1.807) is 11.0 Å². The van der Waals surface area contributed by atoms with E-state index in [0.717, 1.165) is 13.1 Å². The first-order valence-electron chi connectivity index (χ1n) is 4.58. The highest BCUT2D eigenvalue weighted by Gasteiger charge is 2.17. The van der Waals surface area contributed by atoms with E-state index < -0.39 is 0 Å². The molecule has 1 aromatic rings. The molecule has 0 aliphatic carbocycles. The van der Waals surface area contributed by atoms with Crippen molar-refractivity contribution in [2.24, 2.45) is 0 Å². The van der Waals surface area contributed by atoms with E-state index >= 15 is 0 Å². The fourth-order valence-corrected chi connectivity index (χ4v) is 1.11. The largest absolute Gasteiger partial charge is 0.305 e. The molecule has 0 aliphatic rings. The first-order chi connectivity index (χ1) is 6.67. The van der Waals surface area contributed by atoms with Crippen molar-refractivity contribution >= 4 is 11.8 Å². The molecule has 0 spiro atoms. The lowest BCUT2D eigenvalue weighted by molar-refractivity contribution is -0.758. The number of carbonyl (C=O) groups excluding carboxylic acids is 1. The number of anilines is 1. The predicted octanol–water partition coefficient (Wildman–Crippen LogP) is -0.102. The summed E-state index contributed by atoms with van der Waals surface area (Å²) in [5, 5.41) is 8.23. The normalized spacial score (nSPS) is 9.93. The minimum absolute atomic E-state index is 0.173. The standard InChI is InChI=1S/C8H14N4O2/c1-4-11(5-2)12-6-8(14-10-12)9-7(3)13/h6H,4-5H2,1-3H3/p+1. The smallest absolute Gasteiger partial charge is 0.289 e. The quantitative estimate of drug-likeness (QED) is 0.688. The Labute approximate surface area is 82.4 Å². The van der Waals surface area contributed by atoms with E-state index in [1.165, 1.54) is 6.92 Å². The average Bonchev–Trinajstić information content (AvgIpc) is 2.54. The summed E-state index contributed by atoms with van der Waals surface area (Å²) in [6.45, 7) is 7.11. The van der Waals surface area contributed by atoms with E-state index in [9.17, 15) is 4.79 Å². The molecule has 1 heterocycles. The van der Waals surface area contributed by atoms with Crippen molar-refractivity contribution in [2.45, 2.75) is 20.8 Å². The molecular formula is C8H15N4O2+. The maximum atomic E-state index is 10.7. The Morgan fingerprint density at radius 2 is 2.29 bits per heavy atom. The van der Waals surface area contributed by atoms with Gasteiger partial charge in [0.1, 0.15) is 0 Å². The van der Waals surface area contributed by atoms with Gasteiger partial charge in [0.05, 0.1) is 17.9 Å². The molecule has 0 bridgehead atoms. The van der Waals surface area contributed by atoms with Gasteiger partial charge in [-0.3, -0.25) is 14.6 Å². The highest BCUT2D eigenvalue weighted by molar-refractivity contribution is 5.86. The molecule has 0 saturated carbocycles. The van der Waals surface area contributed by atoms with Gasteiger partial charge < -0.3 is 0 Å². The van der Waals surface area contributed by atoms with Crippen LogP contribution in [0.4, 0.5) is 5.88 Å². The molecule has 0 aromatic carbocycles. The van der Waals surface area contributed by atoms with Crippen molar-refractivity contribution in [3.63, 3.8) is 0 Å². The molecule has 0 unspecified atom stereocenters. The number of hydrogen-bond donors (Lipinski definition) is 1. The van der Waals surface area contributed by atoms with E-state index in [4.69, 9.17) is 4.52 Å². The molecule has 1 N–H and O–H groups in total. The lowest BCUT2D eigenvalue weighted by Gasteiger charge is -2.06. The first-order valence-corrected chi connectivity index (χ1v) is 4.58.